The van der Waals surface area contributed by atoms with Crippen molar-refractivity contribution in [2.75, 3.05) is 0 Å². The summed E-state index contributed by atoms with van der Waals surface area (Å²) in [5.41, 5.74) is 1.09. The lowest BCUT2D eigenvalue weighted by Gasteiger charge is -2.27. The molecule has 0 heterocycles. The van der Waals surface area contributed by atoms with Crippen LogP contribution in [0.25, 0.3) is 0 Å². The highest BCUT2D eigenvalue weighted by Gasteiger charge is 2.31. The van der Waals surface area contributed by atoms with Crippen LogP contribution < -0.4 is 4.74 Å². The first kappa shape index (κ1) is 14.0. The van der Waals surface area contributed by atoms with Crippen LogP contribution in [-0.4, -0.2) is 6.36 Å². The number of alkyl halides is 3. The Morgan fingerprint density at radius 2 is 1.63 bits per heavy atom. The summed E-state index contributed by atoms with van der Waals surface area (Å²) >= 11 is 0. The smallest absolute Gasteiger partial charge is 0.406 e. The summed E-state index contributed by atoms with van der Waals surface area (Å²) in [6, 6.07) is 6.25. The quantitative estimate of drug-likeness (QED) is 0.699. The second-order valence-electron chi connectivity index (χ2n) is 4.96. The topological polar surface area (TPSA) is 9.23 Å². The number of halogens is 3. The van der Waals surface area contributed by atoms with Crippen LogP contribution in [-0.2, 0) is 0 Å². The average molecular weight is 270 g/mol. The van der Waals surface area contributed by atoms with E-state index in [1.165, 1.54) is 12.1 Å². The minimum atomic E-state index is -4.62. The molecule has 0 aromatic heterocycles. The summed E-state index contributed by atoms with van der Waals surface area (Å²) in [6.07, 6.45) is 1.72. The van der Waals surface area contributed by atoms with Gasteiger partial charge in [-0.05, 0) is 55.2 Å². The van der Waals surface area contributed by atoms with Gasteiger partial charge < -0.3 is 4.74 Å². The predicted molar refractivity (Wildman–Crippen MR) is 68.0 cm³/mol. The zero-order valence-electron chi connectivity index (χ0n) is 10.6. The zero-order chi connectivity index (χ0) is 13.9. The van der Waals surface area contributed by atoms with E-state index >= 15 is 0 Å². The van der Waals surface area contributed by atoms with Gasteiger partial charge in [-0.1, -0.05) is 18.2 Å². The minimum Gasteiger partial charge on any atom is -0.406 e. The molecule has 104 valence electrons. The Morgan fingerprint density at radius 1 is 1.05 bits per heavy atom. The first-order valence-corrected chi connectivity index (χ1v) is 6.46. The van der Waals surface area contributed by atoms with Crippen LogP contribution in [0.3, 0.4) is 0 Å². The summed E-state index contributed by atoms with van der Waals surface area (Å²) in [5.74, 6) is 0.872. The van der Waals surface area contributed by atoms with Gasteiger partial charge >= 0.3 is 6.36 Å². The third-order valence-corrected chi connectivity index (χ3v) is 3.69. The van der Waals surface area contributed by atoms with Crippen molar-refractivity contribution in [3.05, 3.63) is 42.5 Å². The Kier molecular flexibility index (Phi) is 4.17. The van der Waals surface area contributed by atoms with Crippen molar-refractivity contribution in [3.63, 3.8) is 0 Å². The third kappa shape index (κ3) is 4.01. The van der Waals surface area contributed by atoms with E-state index in [2.05, 4.69) is 11.3 Å². The summed E-state index contributed by atoms with van der Waals surface area (Å²) in [4.78, 5) is 0. The van der Waals surface area contributed by atoms with Crippen molar-refractivity contribution in [1.29, 1.82) is 0 Å². The molecular weight excluding hydrogens is 253 g/mol. The molecule has 0 saturated heterocycles. The maximum Gasteiger partial charge on any atom is 0.573 e. The standard InChI is InChI=1S/C15H17F3O/c1-2-11-3-5-12(6-4-11)13-7-9-14(10-8-13)19-15(16,17)18/h2,7-12H,1,3-6H2. The maximum atomic E-state index is 12.0. The zero-order valence-corrected chi connectivity index (χ0v) is 10.6. The SMILES string of the molecule is C=CC1CCC(c2ccc(OC(F)(F)F)cc2)CC1. The molecular formula is C15H17F3O. The average Bonchev–Trinajstić information content (AvgIpc) is 2.38. The fourth-order valence-corrected chi connectivity index (χ4v) is 2.63. The largest absolute Gasteiger partial charge is 0.573 e. The second kappa shape index (κ2) is 5.68. The van der Waals surface area contributed by atoms with Crippen LogP contribution in [0.5, 0.6) is 5.75 Å². The minimum absolute atomic E-state index is 0.156. The summed E-state index contributed by atoms with van der Waals surface area (Å²) < 4.78 is 40.0. The van der Waals surface area contributed by atoms with Gasteiger partial charge in [-0.15, -0.1) is 19.8 Å². The summed E-state index contributed by atoms with van der Waals surface area (Å²) in [7, 11) is 0. The Bertz CT molecular complexity index is 414. The van der Waals surface area contributed by atoms with Crippen LogP contribution in [0.4, 0.5) is 13.2 Å². The lowest BCUT2D eigenvalue weighted by molar-refractivity contribution is -0.274. The second-order valence-corrected chi connectivity index (χ2v) is 4.96. The van der Waals surface area contributed by atoms with Gasteiger partial charge in [-0.3, -0.25) is 0 Å². The van der Waals surface area contributed by atoms with Gasteiger partial charge in [0, 0.05) is 0 Å². The van der Waals surface area contributed by atoms with Gasteiger partial charge in [0.25, 0.3) is 0 Å². The molecule has 1 aliphatic carbocycles. The van der Waals surface area contributed by atoms with E-state index in [9.17, 15) is 13.2 Å². The molecule has 1 aromatic rings. The highest BCUT2D eigenvalue weighted by molar-refractivity contribution is 5.29. The third-order valence-electron chi connectivity index (χ3n) is 3.69. The molecule has 0 amide bonds. The Labute approximate surface area is 111 Å². The number of benzene rings is 1. The van der Waals surface area contributed by atoms with Crippen LogP contribution in [0.15, 0.2) is 36.9 Å². The molecule has 0 atom stereocenters. The fraction of sp³-hybridized carbons (Fsp3) is 0.467. The van der Waals surface area contributed by atoms with Gasteiger partial charge in [-0.2, -0.15) is 0 Å². The first-order chi connectivity index (χ1) is 8.98. The van der Waals surface area contributed by atoms with E-state index in [0.29, 0.717) is 11.8 Å². The van der Waals surface area contributed by atoms with E-state index in [1.807, 2.05) is 6.08 Å². The van der Waals surface area contributed by atoms with Crippen molar-refractivity contribution in [2.24, 2.45) is 5.92 Å². The number of rotatable bonds is 3. The lowest BCUT2D eigenvalue weighted by Crippen LogP contribution is -2.17. The molecule has 4 heteroatoms. The molecule has 1 saturated carbocycles. The Morgan fingerprint density at radius 3 is 2.11 bits per heavy atom. The van der Waals surface area contributed by atoms with Gasteiger partial charge in [0.1, 0.15) is 5.75 Å². The lowest BCUT2D eigenvalue weighted by atomic mass is 9.79. The van der Waals surface area contributed by atoms with E-state index in [1.54, 1.807) is 12.1 Å². The van der Waals surface area contributed by atoms with Crippen molar-refractivity contribution < 1.29 is 17.9 Å². The molecule has 1 aromatic carbocycles. The molecule has 0 aliphatic heterocycles. The van der Waals surface area contributed by atoms with Crippen LogP contribution in [0.2, 0.25) is 0 Å². The molecule has 1 fully saturated rings. The molecule has 2 rings (SSSR count). The van der Waals surface area contributed by atoms with E-state index in [-0.39, 0.29) is 5.75 Å². The van der Waals surface area contributed by atoms with Crippen LogP contribution >= 0.6 is 0 Å². The number of hydrogen-bond donors (Lipinski definition) is 0. The van der Waals surface area contributed by atoms with Gasteiger partial charge in [-0.25, -0.2) is 0 Å². The first-order valence-electron chi connectivity index (χ1n) is 6.46. The molecule has 0 unspecified atom stereocenters. The predicted octanol–water partition coefficient (Wildman–Crippen LogP) is 5.05. The normalized spacial score (nSPS) is 23.9. The van der Waals surface area contributed by atoms with Crippen LogP contribution in [0, 0.1) is 5.92 Å². The van der Waals surface area contributed by atoms with Gasteiger partial charge in [0.15, 0.2) is 0 Å². The van der Waals surface area contributed by atoms with E-state index < -0.39 is 6.36 Å². The molecule has 1 nitrogen and oxygen atoms in total. The number of ether oxygens (including phenoxy) is 1. The summed E-state index contributed by atoms with van der Waals surface area (Å²) in [6.45, 7) is 3.80. The van der Waals surface area contributed by atoms with Gasteiger partial charge in [0.05, 0.1) is 0 Å². The molecule has 19 heavy (non-hydrogen) atoms. The molecule has 0 N–H and O–H groups in total. The monoisotopic (exact) mass is 270 g/mol. The van der Waals surface area contributed by atoms with E-state index in [0.717, 1.165) is 31.2 Å². The van der Waals surface area contributed by atoms with Gasteiger partial charge in [0.2, 0.25) is 0 Å². The maximum absolute atomic E-state index is 12.0. The summed E-state index contributed by atoms with van der Waals surface area (Å²) in [5, 5.41) is 0. The van der Waals surface area contributed by atoms with E-state index in [4.69, 9.17) is 0 Å². The Balaban J connectivity index is 1.97. The number of allylic oxidation sites excluding steroid dienone is 1. The molecule has 1 aliphatic rings. The number of hydrogen-bond acceptors (Lipinski definition) is 1. The van der Waals surface area contributed by atoms with Crippen molar-refractivity contribution in [2.45, 2.75) is 38.0 Å². The van der Waals surface area contributed by atoms with Crippen molar-refractivity contribution >= 4 is 0 Å². The van der Waals surface area contributed by atoms with Crippen molar-refractivity contribution in [3.8, 4) is 5.75 Å². The highest BCUT2D eigenvalue weighted by Crippen LogP contribution is 2.36. The van der Waals surface area contributed by atoms with Crippen molar-refractivity contribution in [1.82, 2.24) is 0 Å². The molecule has 0 bridgehead atoms. The fourth-order valence-electron chi connectivity index (χ4n) is 2.63. The molecule has 0 radical (unpaired) electrons. The Hall–Kier alpha value is -1.45. The highest BCUT2D eigenvalue weighted by atomic mass is 19.4. The molecule has 0 spiro atoms. The van der Waals surface area contributed by atoms with Crippen LogP contribution in [0.1, 0.15) is 37.2 Å².